The summed E-state index contributed by atoms with van der Waals surface area (Å²) >= 11 is 5.68. The predicted molar refractivity (Wildman–Crippen MR) is 49.2 cm³/mol. The van der Waals surface area contributed by atoms with E-state index in [0.29, 0.717) is 0 Å². The number of halogens is 1. The van der Waals surface area contributed by atoms with Crippen LogP contribution in [0.2, 0.25) is 0 Å². The molecule has 7 heteroatoms. The summed E-state index contributed by atoms with van der Waals surface area (Å²) in [4.78, 5) is 10.7. The average Bonchev–Trinajstić information content (AvgIpc) is 2.18. The molecule has 1 fully saturated rings. The standard InChI is InChI=1S/C8H13ClO6/c1-3(11)14-7-6(13)5(12)4(2-10)15-8(7)9/h4-8,10,12-13H,2H2,1H3/t4-,5-,6+,7+,8+/m1/s1. The number of hydrogen-bond acceptors (Lipinski definition) is 6. The van der Waals surface area contributed by atoms with E-state index in [9.17, 15) is 15.0 Å². The predicted octanol–water partition coefficient (Wildman–Crippen LogP) is -1.40. The van der Waals surface area contributed by atoms with Gasteiger partial charge in [0.1, 0.15) is 18.3 Å². The van der Waals surface area contributed by atoms with Gasteiger partial charge in [-0.1, -0.05) is 11.6 Å². The number of aliphatic hydroxyl groups is 3. The van der Waals surface area contributed by atoms with Crippen LogP contribution in [0.15, 0.2) is 0 Å². The molecule has 1 rings (SSSR count). The number of rotatable bonds is 2. The fourth-order valence-corrected chi connectivity index (χ4v) is 1.69. The van der Waals surface area contributed by atoms with E-state index in [1.54, 1.807) is 0 Å². The van der Waals surface area contributed by atoms with Crippen LogP contribution in [0.3, 0.4) is 0 Å². The number of aliphatic hydroxyl groups excluding tert-OH is 3. The van der Waals surface area contributed by atoms with Crippen LogP contribution in [-0.2, 0) is 14.3 Å². The summed E-state index contributed by atoms with van der Waals surface area (Å²) in [5.74, 6) is -0.636. The van der Waals surface area contributed by atoms with Crippen molar-refractivity contribution in [3.63, 3.8) is 0 Å². The van der Waals surface area contributed by atoms with Gasteiger partial charge in [-0.25, -0.2) is 0 Å². The fourth-order valence-electron chi connectivity index (χ4n) is 1.36. The first-order chi connectivity index (χ1) is 6.97. The number of carbonyl (C=O) groups is 1. The number of hydrogen-bond donors (Lipinski definition) is 3. The molecule has 5 atom stereocenters. The van der Waals surface area contributed by atoms with Gasteiger partial charge in [0, 0.05) is 6.92 Å². The highest BCUT2D eigenvalue weighted by molar-refractivity contribution is 6.20. The molecule has 0 aromatic heterocycles. The molecule has 3 N–H and O–H groups in total. The van der Waals surface area contributed by atoms with Crippen molar-refractivity contribution in [3.8, 4) is 0 Å². The highest BCUT2D eigenvalue weighted by Crippen LogP contribution is 2.25. The first-order valence-corrected chi connectivity index (χ1v) is 4.84. The summed E-state index contributed by atoms with van der Waals surface area (Å²) in [6.07, 6.45) is -4.83. The average molecular weight is 241 g/mol. The molecule has 1 aliphatic rings. The monoisotopic (exact) mass is 240 g/mol. The van der Waals surface area contributed by atoms with E-state index in [-0.39, 0.29) is 0 Å². The van der Waals surface area contributed by atoms with Crippen LogP contribution in [0.5, 0.6) is 0 Å². The number of alkyl halides is 1. The van der Waals surface area contributed by atoms with Gasteiger partial charge in [0.15, 0.2) is 11.7 Å². The molecule has 0 aromatic rings. The maximum Gasteiger partial charge on any atom is 0.303 e. The number of ether oxygens (including phenoxy) is 2. The Morgan fingerprint density at radius 1 is 1.47 bits per heavy atom. The Labute approximate surface area is 91.4 Å². The highest BCUT2D eigenvalue weighted by Gasteiger charge is 2.45. The topological polar surface area (TPSA) is 96.2 Å². The van der Waals surface area contributed by atoms with Crippen LogP contribution in [0.25, 0.3) is 0 Å². The zero-order valence-electron chi connectivity index (χ0n) is 8.04. The Morgan fingerprint density at radius 2 is 2.07 bits per heavy atom. The van der Waals surface area contributed by atoms with E-state index in [0.717, 1.165) is 6.92 Å². The fraction of sp³-hybridized carbons (Fsp3) is 0.875. The molecule has 6 nitrogen and oxygen atoms in total. The third-order valence-electron chi connectivity index (χ3n) is 2.11. The number of carbonyl (C=O) groups excluding carboxylic acids is 1. The van der Waals surface area contributed by atoms with Crippen LogP contribution < -0.4 is 0 Å². The largest absolute Gasteiger partial charge is 0.456 e. The molecule has 0 amide bonds. The number of esters is 1. The minimum Gasteiger partial charge on any atom is -0.456 e. The third kappa shape index (κ3) is 2.79. The van der Waals surface area contributed by atoms with Crippen molar-refractivity contribution < 1.29 is 29.6 Å². The molecular formula is C8H13ClO6. The summed E-state index contributed by atoms with van der Waals surface area (Å²) in [6.45, 7) is 0.676. The lowest BCUT2D eigenvalue weighted by Crippen LogP contribution is -2.58. The summed E-state index contributed by atoms with van der Waals surface area (Å²) in [5, 5.41) is 27.8. The quantitative estimate of drug-likeness (QED) is 0.406. The van der Waals surface area contributed by atoms with Gasteiger partial charge in [-0.3, -0.25) is 4.79 Å². The van der Waals surface area contributed by atoms with Gasteiger partial charge in [0.2, 0.25) is 0 Å². The molecule has 0 aliphatic carbocycles. The molecule has 1 aliphatic heterocycles. The lowest BCUT2D eigenvalue weighted by molar-refractivity contribution is -0.220. The molecule has 0 aromatic carbocycles. The SMILES string of the molecule is CC(=O)O[C@H]1[C@@H](O)[C@H](O)[C@@H](CO)O[C@@H]1Cl. The van der Waals surface area contributed by atoms with Crippen molar-refractivity contribution in [2.75, 3.05) is 6.61 Å². The van der Waals surface area contributed by atoms with Gasteiger partial charge in [0.25, 0.3) is 0 Å². The molecule has 0 unspecified atom stereocenters. The molecule has 88 valence electrons. The Balaban J connectivity index is 2.70. The van der Waals surface area contributed by atoms with E-state index in [1.165, 1.54) is 0 Å². The van der Waals surface area contributed by atoms with Gasteiger partial charge in [-0.15, -0.1) is 0 Å². The van der Waals surface area contributed by atoms with Crippen molar-refractivity contribution in [1.29, 1.82) is 0 Å². The second-order valence-corrected chi connectivity index (χ2v) is 3.69. The second-order valence-electron chi connectivity index (χ2n) is 3.26. The lowest BCUT2D eigenvalue weighted by Gasteiger charge is -2.39. The minimum atomic E-state index is -1.37. The second kappa shape index (κ2) is 5.09. The van der Waals surface area contributed by atoms with E-state index >= 15 is 0 Å². The zero-order valence-corrected chi connectivity index (χ0v) is 8.79. The summed E-state index contributed by atoms with van der Waals surface area (Å²) in [7, 11) is 0. The molecular weight excluding hydrogens is 228 g/mol. The van der Waals surface area contributed by atoms with Crippen molar-refractivity contribution in [2.24, 2.45) is 0 Å². The Hall–Kier alpha value is -0.400. The molecule has 0 radical (unpaired) electrons. The van der Waals surface area contributed by atoms with E-state index in [1.807, 2.05) is 0 Å². The highest BCUT2D eigenvalue weighted by atomic mass is 35.5. The lowest BCUT2D eigenvalue weighted by atomic mass is 10.0. The maximum atomic E-state index is 10.7. The van der Waals surface area contributed by atoms with E-state index < -0.39 is 42.6 Å². The van der Waals surface area contributed by atoms with Crippen LogP contribution in [0, 0.1) is 0 Å². The van der Waals surface area contributed by atoms with Gasteiger partial charge in [0.05, 0.1) is 6.61 Å². The summed E-state index contributed by atoms with van der Waals surface area (Å²) in [5.41, 5.74) is -1.09. The molecule has 1 saturated heterocycles. The van der Waals surface area contributed by atoms with Crippen molar-refractivity contribution in [1.82, 2.24) is 0 Å². The zero-order chi connectivity index (χ0) is 11.6. The van der Waals surface area contributed by atoms with Crippen molar-refractivity contribution in [2.45, 2.75) is 36.9 Å². The first-order valence-electron chi connectivity index (χ1n) is 4.41. The summed E-state index contributed by atoms with van der Waals surface area (Å²) in [6, 6.07) is 0. The normalized spacial score (nSPS) is 41.3. The Morgan fingerprint density at radius 3 is 2.53 bits per heavy atom. The van der Waals surface area contributed by atoms with Gasteiger partial charge in [-0.2, -0.15) is 0 Å². The van der Waals surface area contributed by atoms with Crippen LogP contribution in [-0.4, -0.2) is 57.9 Å². The minimum absolute atomic E-state index is 0.478. The van der Waals surface area contributed by atoms with Gasteiger partial charge >= 0.3 is 5.97 Å². The molecule has 1 heterocycles. The maximum absolute atomic E-state index is 10.7. The van der Waals surface area contributed by atoms with E-state index in [2.05, 4.69) is 0 Å². The molecule has 0 bridgehead atoms. The van der Waals surface area contributed by atoms with Crippen molar-refractivity contribution >= 4 is 17.6 Å². The smallest absolute Gasteiger partial charge is 0.303 e. The van der Waals surface area contributed by atoms with E-state index in [4.69, 9.17) is 26.2 Å². The van der Waals surface area contributed by atoms with Crippen LogP contribution >= 0.6 is 11.6 Å². The summed E-state index contributed by atoms with van der Waals surface area (Å²) < 4.78 is 9.65. The molecule has 0 spiro atoms. The Kier molecular flexibility index (Phi) is 4.30. The Bertz CT molecular complexity index is 235. The van der Waals surface area contributed by atoms with Crippen molar-refractivity contribution in [3.05, 3.63) is 0 Å². The first kappa shape index (κ1) is 12.7. The van der Waals surface area contributed by atoms with Gasteiger partial charge in [-0.05, 0) is 0 Å². The molecule has 15 heavy (non-hydrogen) atoms. The van der Waals surface area contributed by atoms with Crippen LogP contribution in [0.1, 0.15) is 6.92 Å². The van der Waals surface area contributed by atoms with Gasteiger partial charge < -0.3 is 24.8 Å². The van der Waals surface area contributed by atoms with Crippen LogP contribution in [0.4, 0.5) is 0 Å². The third-order valence-corrected chi connectivity index (χ3v) is 2.46. The molecule has 0 saturated carbocycles.